The lowest BCUT2D eigenvalue weighted by atomic mass is 10.1. The van der Waals surface area contributed by atoms with E-state index in [0.29, 0.717) is 16.7 Å². The minimum Gasteiger partial charge on any atom is -0.478 e. The number of hydrogen-bond donors (Lipinski definition) is 1. The average molecular weight is 253 g/mol. The fraction of sp³-hybridized carbons (Fsp3) is 0.0714. The van der Waals surface area contributed by atoms with Gasteiger partial charge in [-0.2, -0.15) is 0 Å². The van der Waals surface area contributed by atoms with E-state index in [-0.39, 0.29) is 5.56 Å². The molecule has 0 aliphatic carbocycles. The molecule has 1 N–H and O–H groups in total. The molecule has 1 aromatic carbocycles. The Bertz CT molecular complexity index is 763. The standard InChI is InChI=1S/C14H11N3O2/c1-17-7-10(14(18)19)11-12(15-8-16-13(11)17)9-5-3-2-4-6-9/h2-8H,1H3,(H,18,19). The maximum absolute atomic E-state index is 11.3. The third-order valence-electron chi connectivity index (χ3n) is 3.03. The van der Waals surface area contributed by atoms with Gasteiger partial charge in [-0.25, -0.2) is 14.8 Å². The Labute approximate surface area is 109 Å². The van der Waals surface area contributed by atoms with Crippen LogP contribution in [-0.2, 0) is 7.05 Å². The predicted octanol–water partition coefficient (Wildman–Crippen LogP) is 2.33. The second-order valence-corrected chi connectivity index (χ2v) is 4.25. The van der Waals surface area contributed by atoms with Crippen LogP contribution in [0.1, 0.15) is 10.4 Å². The maximum Gasteiger partial charge on any atom is 0.338 e. The van der Waals surface area contributed by atoms with Gasteiger partial charge in [0.25, 0.3) is 0 Å². The van der Waals surface area contributed by atoms with E-state index < -0.39 is 5.97 Å². The van der Waals surface area contributed by atoms with Gasteiger partial charge >= 0.3 is 5.97 Å². The summed E-state index contributed by atoms with van der Waals surface area (Å²) < 4.78 is 1.70. The second kappa shape index (κ2) is 4.20. The zero-order chi connectivity index (χ0) is 13.4. The molecule has 2 aromatic heterocycles. The maximum atomic E-state index is 11.3. The summed E-state index contributed by atoms with van der Waals surface area (Å²) in [5.74, 6) is -0.974. The highest BCUT2D eigenvalue weighted by atomic mass is 16.4. The molecule has 0 aliphatic heterocycles. The van der Waals surface area contributed by atoms with Crippen molar-refractivity contribution in [1.82, 2.24) is 14.5 Å². The molecule has 3 aromatic rings. The summed E-state index contributed by atoms with van der Waals surface area (Å²) in [5, 5.41) is 9.87. The third-order valence-corrected chi connectivity index (χ3v) is 3.03. The van der Waals surface area contributed by atoms with Gasteiger partial charge < -0.3 is 9.67 Å². The first-order valence-electron chi connectivity index (χ1n) is 5.77. The van der Waals surface area contributed by atoms with Crippen molar-refractivity contribution in [1.29, 1.82) is 0 Å². The zero-order valence-corrected chi connectivity index (χ0v) is 10.2. The number of carboxylic acids is 1. The van der Waals surface area contributed by atoms with E-state index >= 15 is 0 Å². The number of carboxylic acid groups (broad SMARTS) is 1. The van der Waals surface area contributed by atoms with Crippen LogP contribution in [-0.4, -0.2) is 25.6 Å². The quantitative estimate of drug-likeness (QED) is 0.761. The first kappa shape index (κ1) is 11.4. The highest BCUT2D eigenvalue weighted by Gasteiger charge is 2.18. The van der Waals surface area contributed by atoms with E-state index in [9.17, 15) is 9.90 Å². The lowest BCUT2D eigenvalue weighted by Crippen LogP contribution is -1.96. The lowest BCUT2D eigenvalue weighted by Gasteiger charge is -2.03. The van der Waals surface area contributed by atoms with Crippen molar-refractivity contribution in [3.8, 4) is 11.3 Å². The van der Waals surface area contributed by atoms with Gasteiger partial charge in [-0.15, -0.1) is 0 Å². The summed E-state index contributed by atoms with van der Waals surface area (Å²) in [6, 6.07) is 9.51. The molecular weight excluding hydrogens is 242 g/mol. The molecule has 0 aliphatic rings. The van der Waals surface area contributed by atoms with Crippen LogP contribution in [0.5, 0.6) is 0 Å². The van der Waals surface area contributed by atoms with Gasteiger partial charge in [-0.05, 0) is 0 Å². The molecule has 5 heteroatoms. The van der Waals surface area contributed by atoms with Crippen molar-refractivity contribution in [2.45, 2.75) is 0 Å². The van der Waals surface area contributed by atoms with Crippen LogP contribution in [0.3, 0.4) is 0 Å². The monoisotopic (exact) mass is 253 g/mol. The molecule has 19 heavy (non-hydrogen) atoms. The van der Waals surface area contributed by atoms with Crippen LogP contribution < -0.4 is 0 Å². The molecule has 0 saturated heterocycles. The molecule has 0 spiro atoms. The highest BCUT2D eigenvalue weighted by molar-refractivity contribution is 6.07. The van der Waals surface area contributed by atoms with E-state index in [1.807, 2.05) is 30.3 Å². The van der Waals surface area contributed by atoms with Crippen LogP contribution in [0.15, 0.2) is 42.9 Å². The number of aromatic nitrogens is 3. The number of aryl methyl sites for hydroxylation is 1. The highest BCUT2D eigenvalue weighted by Crippen LogP contribution is 2.28. The molecule has 5 nitrogen and oxygen atoms in total. The summed E-state index contributed by atoms with van der Waals surface area (Å²) in [6.07, 6.45) is 3.02. The van der Waals surface area contributed by atoms with Crippen LogP contribution in [0.4, 0.5) is 0 Å². The Morgan fingerprint density at radius 3 is 2.63 bits per heavy atom. The number of rotatable bonds is 2. The van der Waals surface area contributed by atoms with Crippen LogP contribution in [0.2, 0.25) is 0 Å². The van der Waals surface area contributed by atoms with Crippen molar-refractivity contribution >= 4 is 17.0 Å². The van der Waals surface area contributed by atoms with Gasteiger partial charge in [-0.1, -0.05) is 30.3 Å². The zero-order valence-electron chi connectivity index (χ0n) is 10.2. The van der Waals surface area contributed by atoms with Gasteiger partial charge in [0.2, 0.25) is 0 Å². The first-order valence-corrected chi connectivity index (χ1v) is 5.77. The summed E-state index contributed by atoms with van der Waals surface area (Å²) in [7, 11) is 1.77. The summed E-state index contributed by atoms with van der Waals surface area (Å²) in [6.45, 7) is 0. The molecular formula is C14H11N3O2. The molecule has 0 amide bonds. The Balaban J connectivity index is 2.40. The smallest absolute Gasteiger partial charge is 0.338 e. The molecule has 0 unspecified atom stereocenters. The normalized spacial score (nSPS) is 10.8. The van der Waals surface area contributed by atoms with Crippen LogP contribution in [0.25, 0.3) is 22.3 Å². The fourth-order valence-corrected chi connectivity index (χ4v) is 2.19. The van der Waals surface area contributed by atoms with E-state index in [1.165, 1.54) is 6.33 Å². The summed E-state index contributed by atoms with van der Waals surface area (Å²) in [5.41, 5.74) is 2.36. The number of carbonyl (C=O) groups is 1. The van der Waals surface area contributed by atoms with Crippen LogP contribution >= 0.6 is 0 Å². The van der Waals surface area contributed by atoms with E-state index in [4.69, 9.17) is 0 Å². The number of hydrogen-bond acceptors (Lipinski definition) is 3. The minimum absolute atomic E-state index is 0.219. The van der Waals surface area contributed by atoms with Gasteiger partial charge in [0.05, 0.1) is 16.6 Å². The van der Waals surface area contributed by atoms with Gasteiger partial charge in [0.15, 0.2) is 0 Å². The lowest BCUT2D eigenvalue weighted by molar-refractivity contribution is 0.0699. The van der Waals surface area contributed by atoms with Crippen LogP contribution in [0, 0.1) is 0 Å². The second-order valence-electron chi connectivity index (χ2n) is 4.25. The Hall–Kier alpha value is -2.69. The number of fused-ring (bicyclic) bond motifs is 1. The molecule has 0 bridgehead atoms. The fourth-order valence-electron chi connectivity index (χ4n) is 2.19. The van der Waals surface area contributed by atoms with Crippen molar-refractivity contribution in [3.05, 3.63) is 48.4 Å². The Morgan fingerprint density at radius 2 is 1.95 bits per heavy atom. The van der Waals surface area contributed by atoms with E-state index in [1.54, 1.807) is 17.8 Å². The molecule has 0 saturated carbocycles. The largest absolute Gasteiger partial charge is 0.478 e. The summed E-state index contributed by atoms with van der Waals surface area (Å²) >= 11 is 0. The molecule has 3 rings (SSSR count). The Morgan fingerprint density at radius 1 is 1.21 bits per heavy atom. The van der Waals surface area contributed by atoms with Crippen molar-refractivity contribution < 1.29 is 9.90 Å². The first-order chi connectivity index (χ1) is 9.18. The van der Waals surface area contributed by atoms with E-state index in [2.05, 4.69) is 9.97 Å². The van der Waals surface area contributed by atoms with Gasteiger partial charge in [-0.3, -0.25) is 0 Å². The Kier molecular flexibility index (Phi) is 2.52. The topological polar surface area (TPSA) is 68.0 Å². The third kappa shape index (κ3) is 1.76. The molecule has 2 heterocycles. The van der Waals surface area contributed by atoms with Crippen molar-refractivity contribution in [2.24, 2.45) is 7.05 Å². The summed E-state index contributed by atoms with van der Waals surface area (Å²) in [4.78, 5) is 19.7. The van der Waals surface area contributed by atoms with Gasteiger partial charge in [0.1, 0.15) is 12.0 Å². The van der Waals surface area contributed by atoms with Gasteiger partial charge in [0, 0.05) is 18.8 Å². The van der Waals surface area contributed by atoms with Crippen molar-refractivity contribution in [3.63, 3.8) is 0 Å². The SMILES string of the molecule is Cn1cc(C(=O)O)c2c(-c3ccccc3)ncnc21. The number of nitrogens with zero attached hydrogens (tertiary/aromatic N) is 3. The molecule has 0 fully saturated rings. The van der Waals surface area contributed by atoms with Crippen molar-refractivity contribution in [2.75, 3.05) is 0 Å². The predicted molar refractivity (Wildman–Crippen MR) is 70.9 cm³/mol. The average Bonchev–Trinajstić information content (AvgIpc) is 2.78. The number of aromatic carboxylic acids is 1. The molecule has 0 radical (unpaired) electrons. The number of benzene rings is 1. The molecule has 94 valence electrons. The minimum atomic E-state index is -0.974. The van der Waals surface area contributed by atoms with E-state index in [0.717, 1.165) is 5.56 Å². The molecule has 0 atom stereocenters.